The first-order valence-corrected chi connectivity index (χ1v) is 5.69. The lowest BCUT2D eigenvalue weighted by atomic mass is 10.0. The van der Waals surface area contributed by atoms with Crippen molar-refractivity contribution in [2.24, 2.45) is 0 Å². The maximum atomic E-state index is 13.4. The van der Waals surface area contributed by atoms with Crippen LogP contribution in [0.1, 0.15) is 15.9 Å². The van der Waals surface area contributed by atoms with Gasteiger partial charge in [0.15, 0.2) is 5.78 Å². The van der Waals surface area contributed by atoms with Crippen molar-refractivity contribution in [3.63, 3.8) is 0 Å². The van der Waals surface area contributed by atoms with Gasteiger partial charge < -0.3 is 0 Å². The molecule has 0 N–H and O–H groups in total. The van der Waals surface area contributed by atoms with Gasteiger partial charge in [-0.15, -0.1) is 0 Å². The van der Waals surface area contributed by atoms with Gasteiger partial charge in [0.1, 0.15) is 11.6 Å². The summed E-state index contributed by atoms with van der Waals surface area (Å²) in [6.07, 6.45) is 0. The van der Waals surface area contributed by atoms with Gasteiger partial charge in [-0.05, 0) is 30.3 Å². The van der Waals surface area contributed by atoms with Crippen LogP contribution in [0.2, 0.25) is 10.0 Å². The largest absolute Gasteiger partial charge is 0.288 e. The molecule has 0 atom stereocenters. The molecule has 0 unspecified atom stereocenters. The zero-order valence-corrected chi connectivity index (χ0v) is 10.4. The van der Waals surface area contributed by atoms with Crippen molar-refractivity contribution in [1.29, 1.82) is 0 Å². The second-order valence-corrected chi connectivity index (χ2v) is 4.40. The summed E-state index contributed by atoms with van der Waals surface area (Å²) in [4.78, 5) is 12.0. The molecule has 2 aromatic rings. The third-order valence-corrected chi connectivity index (χ3v) is 3.10. The van der Waals surface area contributed by atoms with Crippen LogP contribution in [-0.2, 0) is 0 Å². The Kier molecular flexibility index (Phi) is 3.64. The van der Waals surface area contributed by atoms with E-state index in [2.05, 4.69) is 0 Å². The third-order valence-electron chi connectivity index (χ3n) is 2.36. The van der Waals surface area contributed by atoms with E-state index in [1.165, 1.54) is 18.2 Å². The smallest absolute Gasteiger partial charge is 0.196 e. The fourth-order valence-corrected chi connectivity index (χ4v) is 1.76. The van der Waals surface area contributed by atoms with Crippen molar-refractivity contribution >= 4 is 29.0 Å². The highest BCUT2D eigenvalue weighted by Gasteiger charge is 2.15. The maximum Gasteiger partial charge on any atom is 0.196 e. The summed E-state index contributed by atoms with van der Waals surface area (Å²) in [5.74, 6) is -2.23. The Morgan fingerprint density at radius 1 is 0.944 bits per heavy atom. The standard InChI is InChI=1S/C13H6Cl2F2O/c14-10-4-1-7(5-11(10)15)13(18)9-3-2-8(16)6-12(9)17/h1-6H. The molecule has 18 heavy (non-hydrogen) atoms. The van der Waals surface area contributed by atoms with E-state index in [9.17, 15) is 13.6 Å². The lowest BCUT2D eigenvalue weighted by Crippen LogP contribution is -2.04. The lowest BCUT2D eigenvalue weighted by Gasteiger charge is -2.04. The summed E-state index contributed by atoms with van der Waals surface area (Å²) in [6, 6.07) is 6.99. The molecule has 0 aliphatic heterocycles. The van der Waals surface area contributed by atoms with Gasteiger partial charge in [0.05, 0.1) is 15.6 Å². The highest BCUT2D eigenvalue weighted by atomic mass is 35.5. The molecule has 92 valence electrons. The van der Waals surface area contributed by atoms with Crippen LogP contribution < -0.4 is 0 Å². The summed E-state index contributed by atoms with van der Waals surface area (Å²) in [7, 11) is 0. The summed E-state index contributed by atoms with van der Waals surface area (Å²) >= 11 is 11.5. The maximum absolute atomic E-state index is 13.4. The summed E-state index contributed by atoms with van der Waals surface area (Å²) in [5, 5.41) is 0.498. The van der Waals surface area contributed by atoms with Crippen molar-refractivity contribution in [3.8, 4) is 0 Å². The quantitative estimate of drug-likeness (QED) is 0.743. The van der Waals surface area contributed by atoms with Crippen LogP contribution in [-0.4, -0.2) is 5.78 Å². The van der Waals surface area contributed by atoms with Gasteiger partial charge in [0.2, 0.25) is 0 Å². The molecule has 2 rings (SSSR count). The molecule has 2 aromatic carbocycles. The second-order valence-electron chi connectivity index (χ2n) is 3.58. The molecule has 5 heteroatoms. The zero-order valence-electron chi connectivity index (χ0n) is 8.88. The van der Waals surface area contributed by atoms with E-state index < -0.39 is 17.4 Å². The lowest BCUT2D eigenvalue weighted by molar-refractivity contribution is 0.103. The molecule has 0 spiro atoms. The van der Waals surface area contributed by atoms with Crippen molar-refractivity contribution in [3.05, 3.63) is 69.2 Å². The van der Waals surface area contributed by atoms with E-state index in [-0.39, 0.29) is 16.1 Å². The first-order chi connectivity index (χ1) is 8.49. The van der Waals surface area contributed by atoms with Crippen molar-refractivity contribution in [2.45, 2.75) is 0 Å². The molecule has 0 aliphatic carbocycles. The minimum atomic E-state index is -0.911. The summed E-state index contributed by atoms with van der Waals surface area (Å²) in [6.45, 7) is 0. The number of benzene rings is 2. The van der Waals surface area contributed by atoms with Crippen LogP contribution in [0.3, 0.4) is 0 Å². The van der Waals surface area contributed by atoms with Crippen molar-refractivity contribution in [2.75, 3.05) is 0 Å². The summed E-state index contributed by atoms with van der Waals surface area (Å²) < 4.78 is 26.2. The normalized spacial score (nSPS) is 10.4. The van der Waals surface area contributed by atoms with E-state index in [1.807, 2.05) is 0 Å². The average molecular weight is 287 g/mol. The van der Waals surface area contributed by atoms with Gasteiger partial charge in [-0.1, -0.05) is 23.2 Å². The highest BCUT2D eigenvalue weighted by molar-refractivity contribution is 6.42. The number of hydrogen-bond acceptors (Lipinski definition) is 1. The van der Waals surface area contributed by atoms with E-state index in [4.69, 9.17) is 23.2 Å². The fraction of sp³-hybridized carbons (Fsp3) is 0. The minimum absolute atomic E-state index is 0.190. The molecule has 0 heterocycles. The Morgan fingerprint density at radius 2 is 1.67 bits per heavy atom. The van der Waals surface area contributed by atoms with Gasteiger partial charge in [-0.25, -0.2) is 8.78 Å². The molecule has 0 aliphatic rings. The Morgan fingerprint density at radius 3 is 2.28 bits per heavy atom. The predicted molar refractivity (Wildman–Crippen MR) is 66.3 cm³/mol. The SMILES string of the molecule is O=C(c1ccc(Cl)c(Cl)c1)c1ccc(F)cc1F. The minimum Gasteiger partial charge on any atom is -0.288 e. The molecular formula is C13H6Cl2F2O. The topological polar surface area (TPSA) is 17.1 Å². The van der Waals surface area contributed by atoms with Gasteiger partial charge in [-0.3, -0.25) is 4.79 Å². The van der Waals surface area contributed by atoms with E-state index in [0.717, 1.165) is 12.1 Å². The zero-order chi connectivity index (χ0) is 13.3. The molecule has 0 amide bonds. The Bertz CT molecular complexity index is 626. The number of carbonyl (C=O) groups excluding carboxylic acids is 1. The predicted octanol–water partition coefficient (Wildman–Crippen LogP) is 4.50. The molecule has 1 nitrogen and oxygen atoms in total. The number of rotatable bonds is 2. The fourth-order valence-electron chi connectivity index (χ4n) is 1.47. The number of halogens is 4. The van der Waals surface area contributed by atoms with E-state index >= 15 is 0 Å². The molecule has 0 saturated heterocycles. The molecule has 0 radical (unpaired) electrons. The number of ketones is 1. The number of carbonyl (C=O) groups is 1. The van der Waals surface area contributed by atoms with Crippen LogP contribution in [0.25, 0.3) is 0 Å². The van der Waals surface area contributed by atoms with Crippen LogP contribution >= 0.6 is 23.2 Å². The van der Waals surface area contributed by atoms with Gasteiger partial charge in [0, 0.05) is 11.6 Å². The molecule has 0 saturated carbocycles. The highest BCUT2D eigenvalue weighted by Crippen LogP contribution is 2.24. The molecule has 0 aromatic heterocycles. The van der Waals surface area contributed by atoms with Gasteiger partial charge in [0.25, 0.3) is 0 Å². The van der Waals surface area contributed by atoms with Gasteiger partial charge >= 0.3 is 0 Å². The Labute approximate surface area is 112 Å². The van der Waals surface area contributed by atoms with E-state index in [0.29, 0.717) is 11.1 Å². The first kappa shape index (κ1) is 13.0. The van der Waals surface area contributed by atoms with Crippen LogP contribution in [0, 0.1) is 11.6 Å². The van der Waals surface area contributed by atoms with Crippen LogP contribution in [0.5, 0.6) is 0 Å². The Balaban J connectivity index is 2.44. The average Bonchev–Trinajstić information content (AvgIpc) is 2.32. The Hall–Kier alpha value is -1.45. The van der Waals surface area contributed by atoms with Crippen molar-refractivity contribution in [1.82, 2.24) is 0 Å². The number of hydrogen-bond donors (Lipinski definition) is 0. The van der Waals surface area contributed by atoms with Crippen LogP contribution in [0.15, 0.2) is 36.4 Å². The third kappa shape index (κ3) is 2.52. The molecule has 0 bridgehead atoms. The van der Waals surface area contributed by atoms with Gasteiger partial charge in [-0.2, -0.15) is 0 Å². The second kappa shape index (κ2) is 5.04. The molecule has 0 fully saturated rings. The monoisotopic (exact) mass is 286 g/mol. The van der Waals surface area contributed by atoms with Crippen LogP contribution in [0.4, 0.5) is 8.78 Å². The first-order valence-electron chi connectivity index (χ1n) is 4.94. The van der Waals surface area contributed by atoms with Crippen molar-refractivity contribution < 1.29 is 13.6 Å². The molecular weight excluding hydrogens is 281 g/mol. The van der Waals surface area contributed by atoms with E-state index in [1.54, 1.807) is 0 Å². The summed E-state index contributed by atoms with van der Waals surface area (Å²) in [5.41, 5.74) is -0.0234.